The molecule has 0 fully saturated rings. The molecular formula is C30H32O3. The number of benzene rings is 3. The van der Waals surface area contributed by atoms with E-state index in [1.807, 2.05) is 72.8 Å². The fraction of sp³-hybridized carbons (Fsp3) is 0.300. The van der Waals surface area contributed by atoms with Crippen molar-refractivity contribution in [3.05, 3.63) is 96.1 Å². The molecule has 0 saturated heterocycles. The zero-order valence-corrected chi connectivity index (χ0v) is 19.3. The van der Waals surface area contributed by atoms with Crippen molar-refractivity contribution in [3.63, 3.8) is 0 Å². The fourth-order valence-corrected chi connectivity index (χ4v) is 4.09. The standard InChI is InChI=1S/C30H32O3/c1-2-3-4-5-6-9-20-32-29-19-16-25-21-27(13-12-26(25)22-29)30(31)33-28-17-14-24(15-18-28)23-10-7-8-11-23/h7-8,10-19,21-23H,2-6,9,20H2,1H3. The van der Waals surface area contributed by atoms with E-state index in [2.05, 4.69) is 19.1 Å². The van der Waals surface area contributed by atoms with Crippen molar-refractivity contribution in [1.82, 2.24) is 0 Å². The summed E-state index contributed by atoms with van der Waals surface area (Å²) in [6.45, 7) is 2.98. The summed E-state index contributed by atoms with van der Waals surface area (Å²) in [7, 11) is 0. The van der Waals surface area contributed by atoms with Crippen LogP contribution in [-0.4, -0.2) is 12.6 Å². The number of carbonyl (C=O) groups excluding carboxylic acids is 1. The lowest BCUT2D eigenvalue weighted by Crippen LogP contribution is -2.08. The largest absolute Gasteiger partial charge is 0.494 e. The van der Waals surface area contributed by atoms with E-state index in [1.54, 1.807) is 0 Å². The third kappa shape index (κ3) is 6.35. The average Bonchev–Trinajstić information content (AvgIpc) is 3.38. The Bertz CT molecular complexity index is 1110. The van der Waals surface area contributed by atoms with Crippen LogP contribution < -0.4 is 9.47 Å². The van der Waals surface area contributed by atoms with E-state index in [9.17, 15) is 4.79 Å². The normalized spacial score (nSPS) is 13.0. The third-order valence-corrected chi connectivity index (χ3v) is 6.04. The van der Waals surface area contributed by atoms with Crippen LogP contribution in [0.3, 0.4) is 0 Å². The summed E-state index contributed by atoms with van der Waals surface area (Å²) in [5.41, 5.74) is 1.72. The van der Waals surface area contributed by atoms with Gasteiger partial charge in [0.25, 0.3) is 0 Å². The van der Waals surface area contributed by atoms with E-state index >= 15 is 0 Å². The van der Waals surface area contributed by atoms with Gasteiger partial charge in [0.1, 0.15) is 11.5 Å². The lowest BCUT2D eigenvalue weighted by molar-refractivity contribution is 0.0735. The van der Waals surface area contributed by atoms with Crippen LogP contribution in [0, 0.1) is 0 Å². The summed E-state index contributed by atoms with van der Waals surface area (Å²) in [6, 6.07) is 19.3. The Labute approximate surface area is 196 Å². The Morgan fingerprint density at radius 3 is 2.21 bits per heavy atom. The molecule has 1 aliphatic carbocycles. The van der Waals surface area contributed by atoms with Gasteiger partial charge in [-0.15, -0.1) is 0 Å². The van der Waals surface area contributed by atoms with Gasteiger partial charge in [-0.05, 0) is 59.2 Å². The molecule has 0 N–H and O–H groups in total. The molecule has 0 heterocycles. The molecule has 0 radical (unpaired) electrons. The maximum absolute atomic E-state index is 12.7. The van der Waals surface area contributed by atoms with Crippen LogP contribution in [0.4, 0.5) is 0 Å². The lowest BCUT2D eigenvalue weighted by Gasteiger charge is -2.10. The highest BCUT2D eigenvalue weighted by Crippen LogP contribution is 2.26. The minimum absolute atomic E-state index is 0.301. The second-order valence-corrected chi connectivity index (χ2v) is 8.59. The Hall–Kier alpha value is -3.33. The third-order valence-electron chi connectivity index (χ3n) is 6.04. The highest BCUT2D eigenvalue weighted by molar-refractivity contribution is 5.96. The molecule has 0 amide bonds. The lowest BCUT2D eigenvalue weighted by atomic mass is 10.0. The molecule has 0 saturated carbocycles. The molecule has 0 aromatic heterocycles. The minimum atomic E-state index is -0.353. The van der Waals surface area contributed by atoms with E-state index in [1.165, 1.54) is 37.7 Å². The zero-order valence-electron chi connectivity index (χ0n) is 19.3. The molecule has 3 heteroatoms. The van der Waals surface area contributed by atoms with Gasteiger partial charge >= 0.3 is 5.97 Å². The van der Waals surface area contributed by atoms with Gasteiger partial charge in [-0.1, -0.05) is 87.6 Å². The van der Waals surface area contributed by atoms with Gasteiger partial charge in [0.15, 0.2) is 0 Å². The molecular weight excluding hydrogens is 408 g/mol. The average molecular weight is 441 g/mol. The Balaban J connectivity index is 1.31. The second kappa shape index (κ2) is 11.5. The summed E-state index contributed by atoms with van der Waals surface area (Å²) in [6.07, 6.45) is 15.9. The van der Waals surface area contributed by atoms with Gasteiger partial charge in [0.05, 0.1) is 12.2 Å². The SMILES string of the molecule is CCCCCCCCOc1ccc2cc(C(=O)Oc3ccc(C4C=CC=C4)cc3)ccc2c1. The smallest absolute Gasteiger partial charge is 0.343 e. The molecule has 1 aliphatic rings. The number of ether oxygens (including phenoxy) is 2. The zero-order chi connectivity index (χ0) is 22.9. The second-order valence-electron chi connectivity index (χ2n) is 8.59. The van der Waals surface area contributed by atoms with E-state index in [4.69, 9.17) is 9.47 Å². The van der Waals surface area contributed by atoms with Crippen LogP contribution in [0.5, 0.6) is 11.5 Å². The minimum Gasteiger partial charge on any atom is -0.494 e. The van der Waals surface area contributed by atoms with Crippen molar-refractivity contribution in [2.24, 2.45) is 0 Å². The summed E-state index contributed by atoms with van der Waals surface area (Å²) >= 11 is 0. The van der Waals surface area contributed by atoms with E-state index < -0.39 is 0 Å². The highest BCUT2D eigenvalue weighted by Gasteiger charge is 2.11. The number of rotatable bonds is 11. The molecule has 170 valence electrons. The van der Waals surface area contributed by atoms with Crippen LogP contribution in [0.2, 0.25) is 0 Å². The van der Waals surface area contributed by atoms with Crippen LogP contribution in [-0.2, 0) is 0 Å². The highest BCUT2D eigenvalue weighted by atomic mass is 16.5. The fourth-order valence-electron chi connectivity index (χ4n) is 4.09. The summed E-state index contributed by atoms with van der Waals surface area (Å²) < 4.78 is 11.5. The first-order chi connectivity index (χ1) is 16.2. The van der Waals surface area contributed by atoms with Crippen molar-refractivity contribution >= 4 is 16.7 Å². The Morgan fingerprint density at radius 2 is 1.42 bits per heavy atom. The maximum atomic E-state index is 12.7. The number of allylic oxidation sites excluding steroid dienone is 4. The first kappa shape index (κ1) is 22.8. The van der Waals surface area contributed by atoms with Gasteiger partial charge < -0.3 is 9.47 Å². The van der Waals surface area contributed by atoms with Crippen molar-refractivity contribution < 1.29 is 14.3 Å². The molecule has 3 aromatic rings. The number of esters is 1. The van der Waals surface area contributed by atoms with Gasteiger partial charge in [-0.3, -0.25) is 0 Å². The van der Waals surface area contributed by atoms with E-state index in [0.717, 1.165) is 29.5 Å². The number of fused-ring (bicyclic) bond motifs is 1. The molecule has 0 unspecified atom stereocenters. The molecule has 3 nitrogen and oxygen atoms in total. The van der Waals surface area contributed by atoms with Gasteiger partial charge in [-0.25, -0.2) is 4.79 Å². The number of carbonyl (C=O) groups is 1. The number of hydrogen-bond acceptors (Lipinski definition) is 3. The summed E-state index contributed by atoms with van der Waals surface area (Å²) in [4.78, 5) is 12.7. The Kier molecular flexibility index (Phi) is 7.97. The quantitative estimate of drug-likeness (QED) is 0.172. The van der Waals surface area contributed by atoms with Crippen LogP contribution in [0.15, 0.2) is 85.0 Å². The van der Waals surface area contributed by atoms with Gasteiger partial charge in [-0.2, -0.15) is 0 Å². The van der Waals surface area contributed by atoms with Gasteiger partial charge in [0, 0.05) is 5.92 Å². The van der Waals surface area contributed by atoms with E-state index in [0.29, 0.717) is 17.2 Å². The number of hydrogen-bond donors (Lipinski definition) is 0. The van der Waals surface area contributed by atoms with Crippen molar-refractivity contribution in [2.45, 2.75) is 51.4 Å². The van der Waals surface area contributed by atoms with Crippen LogP contribution in [0.25, 0.3) is 10.8 Å². The van der Waals surface area contributed by atoms with Crippen LogP contribution >= 0.6 is 0 Å². The molecule has 0 atom stereocenters. The summed E-state index contributed by atoms with van der Waals surface area (Å²) in [5, 5.41) is 2.04. The van der Waals surface area contributed by atoms with Crippen molar-refractivity contribution in [3.8, 4) is 11.5 Å². The van der Waals surface area contributed by atoms with Gasteiger partial charge in [0.2, 0.25) is 0 Å². The topological polar surface area (TPSA) is 35.5 Å². The molecule has 3 aromatic carbocycles. The predicted octanol–water partition coefficient (Wildman–Crippen LogP) is 8.01. The molecule has 4 rings (SSSR count). The molecule has 0 aliphatic heterocycles. The Morgan fingerprint density at radius 1 is 0.758 bits per heavy atom. The van der Waals surface area contributed by atoms with Crippen molar-refractivity contribution in [1.29, 1.82) is 0 Å². The first-order valence-corrected chi connectivity index (χ1v) is 12.1. The summed E-state index contributed by atoms with van der Waals surface area (Å²) in [5.74, 6) is 1.37. The monoisotopic (exact) mass is 440 g/mol. The van der Waals surface area contributed by atoms with E-state index in [-0.39, 0.29) is 5.97 Å². The first-order valence-electron chi connectivity index (χ1n) is 12.1. The van der Waals surface area contributed by atoms with Crippen LogP contribution in [0.1, 0.15) is 67.3 Å². The van der Waals surface area contributed by atoms with Crippen molar-refractivity contribution in [2.75, 3.05) is 6.61 Å². The predicted molar refractivity (Wildman–Crippen MR) is 135 cm³/mol. The molecule has 33 heavy (non-hydrogen) atoms. The number of unbranched alkanes of at least 4 members (excludes halogenated alkanes) is 5. The maximum Gasteiger partial charge on any atom is 0.343 e. The molecule has 0 spiro atoms. The molecule has 0 bridgehead atoms.